The molecule has 202 valence electrons. The Hall–Kier alpha value is -5.24. The van der Waals surface area contributed by atoms with Gasteiger partial charge in [0, 0.05) is 48.9 Å². The molecule has 39 heavy (non-hydrogen) atoms. The summed E-state index contributed by atoms with van der Waals surface area (Å²) in [6.45, 7) is 0.338. The van der Waals surface area contributed by atoms with Crippen LogP contribution in [0.3, 0.4) is 0 Å². The number of aliphatic hydroxyl groups is 1. The van der Waals surface area contributed by atoms with Gasteiger partial charge in [0.1, 0.15) is 11.9 Å². The first-order valence-electron chi connectivity index (χ1n) is 11.9. The van der Waals surface area contributed by atoms with Crippen LogP contribution in [0.25, 0.3) is 22.4 Å². The van der Waals surface area contributed by atoms with Gasteiger partial charge in [0.15, 0.2) is 0 Å². The smallest absolute Gasteiger partial charge is 0.311 e. The van der Waals surface area contributed by atoms with Crippen LogP contribution in [-0.2, 0) is 11.3 Å². The van der Waals surface area contributed by atoms with Crippen molar-refractivity contribution in [2.45, 2.75) is 19.0 Å². The number of hydrogen-bond donors (Lipinski definition) is 6. The molecule has 0 unspecified atom stereocenters. The zero-order valence-corrected chi connectivity index (χ0v) is 20.7. The maximum atomic E-state index is 13.2. The third-order valence-electron chi connectivity index (χ3n) is 5.95. The first-order chi connectivity index (χ1) is 18.8. The highest BCUT2D eigenvalue weighted by Crippen LogP contribution is 2.34. The summed E-state index contributed by atoms with van der Waals surface area (Å²) in [6, 6.07) is 8.99. The lowest BCUT2D eigenvalue weighted by Gasteiger charge is -2.13. The summed E-state index contributed by atoms with van der Waals surface area (Å²) < 4.78 is 1.84. The number of nitrogens with zero attached hydrogens (tertiary/aromatic N) is 4. The first kappa shape index (κ1) is 26.8. The van der Waals surface area contributed by atoms with Crippen LogP contribution >= 0.6 is 0 Å². The van der Waals surface area contributed by atoms with Crippen molar-refractivity contribution in [1.82, 2.24) is 24.8 Å². The average molecular weight is 534 g/mol. The minimum absolute atomic E-state index is 0.177. The molecule has 0 aliphatic rings. The Labute approximate surface area is 222 Å². The number of hydrogen-bond acceptors (Lipinski definition) is 9. The molecule has 0 aliphatic carbocycles. The molecule has 0 radical (unpaired) electrons. The van der Waals surface area contributed by atoms with E-state index in [0.29, 0.717) is 36.6 Å². The number of carbonyl (C=O) groups is 2. The molecule has 0 bridgehead atoms. The standard InChI is InChI=1S/C25H27N9O5/c26-23-21(34(38)39)6-7-22(32-23)29-8-3-9-33-11-17(18(12-33)25(37)31-20(13-35)24(27)36)15-4-1-2-5-16(15)19-10-28-14-30-19/h1-2,4-7,10-12,14,20,35H,3,8-9,13H2,(H2,27,36)(H,28,30)(H,31,37)(H3,26,29,32)/t20-/m0/s1. The van der Waals surface area contributed by atoms with Crippen molar-refractivity contribution in [2.24, 2.45) is 5.73 Å². The zero-order valence-electron chi connectivity index (χ0n) is 20.7. The summed E-state index contributed by atoms with van der Waals surface area (Å²) in [4.78, 5) is 46.4. The number of nitrogen functional groups attached to an aromatic ring is 1. The molecule has 0 fully saturated rings. The van der Waals surface area contributed by atoms with Crippen LogP contribution < -0.4 is 22.1 Å². The minimum Gasteiger partial charge on any atom is -0.394 e. The highest BCUT2D eigenvalue weighted by Gasteiger charge is 2.23. The number of H-pyrrole nitrogens is 1. The van der Waals surface area contributed by atoms with E-state index in [-0.39, 0.29) is 17.1 Å². The van der Waals surface area contributed by atoms with Gasteiger partial charge in [0.2, 0.25) is 11.7 Å². The summed E-state index contributed by atoms with van der Waals surface area (Å²) in [5.74, 6) is -1.19. The Bertz CT molecular complexity index is 1480. The lowest BCUT2D eigenvalue weighted by atomic mass is 9.97. The molecule has 14 nitrogen and oxygen atoms in total. The van der Waals surface area contributed by atoms with E-state index in [4.69, 9.17) is 11.5 Å². The number of aliphatic hydroxyl groups excluding tert-OH is 1. The fourth-order valence-corrected chi connectivity index (χ4v) is 4.02. The van der Waals surface area contributed by atoms with E-state index in [9.17, 15) is 24.8 Å². The number of anilines is 2. The fraction of sp³-hybridized carbons (Fsp3) is 0.200. The molecule has 3 aromatic heterocycles. The largest absolute Gasteiger partial charge is 0.394 e. The maximum absolute atomic E-state index is 13.2. The minimum atomic E-state index is -1.24. The van der Waals surface area contributed by atoms with Crippen molar-refractivity contribution >= 4 is 29.1 Å². The number of carbonyl (C=O) groups excluding carboxylic acids is 2. The molecule has 4 rings (SSSR count). The van der Waals surface area contributed by atoms with Crippen molar-refractivity contribution in [3.8, 4) is 22.4 Å². The molecular weight excluding hydrogens is 506 g/mol. The van der Waals surface area contributed by atoms with E-state index >= 15 is 0 Å². The molecule has 2 amide bonds. The number of primary amides is 1. The maximum Gasteiger partial charge on any atom is 0.311 e. The molecule has 4 aromatic rings. The molecule has 1 aromatic carbocycles. The van der Waals surface area contributed by atoms with E-state index in [0.717, 1.165) is 11.1 Å². The number of aromatic amines is 1. The summed E-state index contributed by atoms with van der Waals surface area (Å²) in [5.41, 5.74) is 13.8. The van der Waals surface area contributed by atoms with Crippen molar-refractivity contribution in [1.29, 1.82) is 0 Å². The van der Waals surface area contributed by atoms with Crippen LogP contribution in [0.2, 0.25) is 0 Å². The van der Waals surface area contributed by atoms with Crippen LogP contribution in [0.15, 0.2) is 61.3 Å². The third-order valence-corrected chi connectivity index (χ3v) is 5.95. The molecule has 0 saturated carbocycles. The SMILES string of the molecule is NC(=O)[C@H](CO)NC(=O)c1cn(CCCNc2ccc([N+](=O)[O-])c(N)n2)cc1-c1ccccc1-c1c[nH]cn1. The van der Waals surface area contributed by atoms with E-state index in [1.807, 2.05) is 35.0 Å². The van der Waals surface area contributed by atoms with Crippen LogP contribution in [0, 0.1) is 10.1 Å². The zero-order chi connectivity index (χ0) is 27.9. The van der Waals surface area contributed by atoms with Crippen molar-refractivity contribution in [3.05, 3.63) is 77.0 Å². The molecule has 14 heteroatoms. The number of aryl methyl sites for hydroxylation is 1. The summed E-state index contributed by atoms with van der Waals surface area (Å²) in [5, 5.41) is 25.9. The second kappa shape index (κ2) is 11.9. The number of rotatable bonds is 12. The molecule has 1 atom stereocenters. The summed E-state index contributed by atoms with van der Waals surface area (Å²) in [7, 11) is 0. The molecule has 0 saturated heterocycles. The van der Waals surface area contributed by atoms with E-state index in [2.05, 4.69) is 25.6 Å². The molecule has 8 N–H and O–H groups in total. The lowest BCUT2D eigenvalue weighted by molar-refractivity contribution is -0.384. The Kier molecular flexibility index (Phi) is 8.16. The van der Waals surface area contributed by atoms with E-state index in [1.165, 1.54) is 12.1 Å². The number of nitrogens with one attached hydrogen (secondary N) is 3. The van der Waals surface area contributed by atoms with Crippen LogP contribution in [0.5, 0.6) is 0 Å². The highest BCUT2D eigenvalue weighted by molar-refractivity contribution is 6.04. The second-order valence-corrected chi connectivity index (χ2v) is 8.57. The number of pyridine rings is 1. The van der Waals surface area contributed by atoms with Crippen molar-refractivity contribution in [2.75, 3.05) is 24.2 Å². The number of imidazole rings is 1. The van der Waals surface area contributed by atoms with Gasteiger partial charge in [-0.15, -0.1) is 0 Å². The molecule has 0 spiro atoms. The predicted octanol–water partition coefficient (Wildman–Crippen LogP) is 1.51. The van der Waals surface area contributed by atoms with Crippen LogP contribution in [0.1, 0.15) is 16.8 Å². The normalized spacial score (nSPS) is 11.6. The van der Waals surface area contributed by atoms with Gasteiger partial charge in [-0.2, -0.15) is 0 Å². The first-order valence-corrected chi connectivity index (χ1v) is 11.9. The van der Waals surface area contributed by atoms with Crippen molar-refractivity contribution in [3.63, 3.8) is 0 Å². The van der Waals surface area contributed by atoms with E-state index in [1.54, 1.807) is 18.7 Å². The van der Waals surface area contributed by atoms with Gasteiger partial charge in [-0.3, -0.25) is 19.7 Å². The molecular formula is C25H27N9O5. The number of nitrogens with two attached hydrogens (primary N) is 2. The quantitative estimate of drug-likeness (QED) is 0.0881. The van der Waals surface area contributed by atoms with Gasteiger partial charge in [0.05, 0.1) is 29.1 Å². The van der Waals surface area contributed by atoms with Gasteiger partial charge < -0.3 is 36.8 Å². The number of nitro groups is 1. The third kappa shape index (κ3) is 6.19. The Morgan fingerprint density at radius 2 is 1.92 bits per heavy atom. The fourth-order valence-electron chi connectivity index (χ4n) is 4.02. The summed E-state index contributed by atoms with van der Waals surface area (Å²) >= 11 is 0. The monoisotopic (exact) mass is 533 g/mol. The Balaban J connectivity index is 1.56. The summed E-state index contributed by atoms with van der Waals surface area (Å²) in [6.07, 6.45) is 7.39. The topological polar surface area (TPSA) is 220 Å². The van der Waals surface area contributed by atoms with Gasteiger partial charge in [-0.1, -0.05) is 24.3 Å². The predicted molar refractivity (Wildman–Crippen MR) is 143 cm³/mol. The highest BCUT2D eigenvalue weighted by atomic mass is 16.6. The molecule has 3 heterocycles. The van der Waals surface area contributed by atoms with Crippen LogP contribution in [0.4, 0.5) is 17.3 Å². The van der Waals surface area contributed by atoms with Gasteiger partial charge in [-0.05, 0) is 18.1 Å². The second-order valence-electron chi connectivity index (χ2n) is 8.57. The van der Waals surface area contributed by atoms with Crippen LogP contribution in [-0.4, -0.2) is 60.6 Å². The average Bonchev–Trinajstić information content (AvgIpc) is 3.60. The Morgan fingerprint density at radius 1 is 1.15 bits per heavy atom. The van der Waals surface area contributed by atoms with Gasteiger partial charge in [-0.25, -0.2) is 9.97 Å². The van der Waals surface area contributed by atoms with Crippen molar-refractivity contribution < 1.29 is 19.6 Å². The lowest BCUT2D eigenvalue weighted by Crippen LogP contribution is -2.46. The van der Waals surface area contributed by atoms with Gasteiger partial charge >= 0.3 is 5.69 Å². The van der Waals surface area contributed by atoms with E-state index < -0.39 is 29.4 Å². The number of aromatic nitrogens is 4. The number of benzene rings is 1. The Morgan fingerprint density at radius 3 is 2.56 bits per heavy atom. The van der Waals surface area contributed by atoms with Gasteiger partial charge in [0.25, 0.3) is 5.91 Å². The molecule has 0 aliphatic heterocycles. The number of amides is 2.